The molecule has 21 rings (SSSR count). The predicted molar refractivity (Wildman–Crippen MR) is 442 cm³/mol. The van der Waals surface area contributed by atoms with E-state index in [0.717, 1.165) is 161 Å². The van der Waals surface area contributed by atoms with E-state index in [1.54, 1.807) is 7.11 Å². The number of methoxy groups -OCH3 is 1. The summed E-state index contributed by atoms with van der Waals surface area (Å²) in [6.45, 7) is 0. The summed E-state index contributed by atoms with van der Waals surface area (Å²) in [5.74, 6) is 1.68. The van der Waals surface area contributed by atoms with Gasteiger partial charge < -0.3 is 18.5 Å². The van der Waals surface area contributed by atoms with Gasteiger partial charge in [-0.2, -0.15) is 0 Å². The molecule has 0 radical (unpaired) electrons. The lowest BCUT2D eigenvalue weighted by Crippen LogP contribution is -2.28. The topological polar surface area (TPSA) is 93.5 Å². The maximum absolute atomic E-state index is 7.91. The summed E-state index contributed by atoms with van der Waals surface area (Å²) in [4.78, 5) is 24.8. The molecule has 9 nitrogen and oxygen atoms in total. The van der Waals surface area contributed by atoms with Crippen molar-refractivity contribution in [1.82, 2.24) is 19.9 Å². The zero-order chi connectivity index (χ0) is 71.3. The number of benzene rings is 12. The van der Waals surface area contributed by atoms with Gasteiger partial charge in [0.25, 0.3) is 0 Å². The van der Waals surface area contributed by atoms with Crippen molar-refractivity contribution >= 4 is 94.0 Å². The number of hydrogen-bond acceptors (Lipinski definition) is 9. The molecule has 1 aliphatic carbocycles. The summed E-state index contributed by atoms with van der Waals surface area (Å²) in [5.41, 5.74) is 26.3. The molecule has 508 valence electrons. The van der Waals surface area contributed by atoms with Gasteiger partial charge in [-0.15, -0.1) is 0 Å². The fourth-order valence-electron chi connectivity index (χ4n) is 17.1. The van der Waals surface area contributed by atoms with Crippen molar-refractivity contribution in [2.24, 2.45) is 0 Å². The van der Waals surface area contributed by atoms with Gasteiger partial charge in [0, 0.05) is 97.1 Å². The van der Waals surface area contributed by atoms with Gasteiger partial charge in [0.15, 0.2) is 5.58 Å². The van der Waals surface area contributed by atoms with Crippen LogP contribution in [-0.4, -0.2) is 33.1 Å². The molecule has 0 fully saturated rings. The Balaban J connectivity index is 0.806. The van der Waals surface area contributed by atoms with Crippen molar-refractivity contribution in [3.05, 3.63) is 364 Å². The van der Waals surface area contributed by atoms with Gasteiger partial charge in [-0.05, 0) is 192 Å². The van der Waals surface area contributed by atoms with Crippen LogP contribution in [0.25, 0.3) is 166 Å². The minimum Gasteiger partial charge on any atom is -0.496 e. The average Bonchev–Trinajstić information content (AvgIpc) is 1.51. The Morgan fingerprint density at radius 3 is 1.70 bits per heavy atom. The lowest BCUT2D eigenvalue weighted by Gasteiger charge is -2.28. The van der Waals surface area contributed by atoms with Crippen molar-refractivity contribution in [2.45, 2.75) is 12.0 Å². The smallest absolute Gasteiger partial charge is 0.160 e. The molecule has 0 saturated carbocycles. The van der Waals surface area contributed by atoms with E-state index >= 15 is 0 Å². The fourth-order valence-corrected chi connectivity index (χ4v) is 17.1. The summed E-state index contributed by atoms with van der Waals surface area (Å²) in [6, 6.07) is 110. The maximum atomic E-state index is 7.91. The second-order valence-electron chi connectivity index (χ2n) is 27.8. The van der Waals surface area contributed by atoms with Crippen LogP contribution in [0.15, 0.2) is 367 Å². The molecule has 2 atom stereocenters. The first-order valence-electron chi connectivity index (χ1n) is 36.6. The highest BCUT2D eigenvalue weighted by Gasteiger charge is 2.39. The number of para-hydroxylation sites is 3. The molecule has 2 aliphatic rings. The minimum atomic E-state index is 0.180. The van der Waals surface area contributed by atoms with Crippen molar-refractivity contribution in [3.63, 3.8) is 0 Å². The molecule has 7 heterocycles. The number of pyridine rings is 4. The SMILES string of the molecule is COc1ccccc1-c1ccnc(-c2ccc3c4ccc(N(c5ccccc5)c5cccc(-c6ccccn6)n5)c5oc6c(-c7ccc(-c8cccc(-c9cccc%10c9C9C=CC=CC9N%10c9ccccc9)c8)cc7)ccc(c7ccc(-c8ccccc8-c8ccncc8-c8ccccc8)c8oc2c3c87)c6c54)c1. The van der Waals surface area contributed by atoms with E-state index in [1.165, 1.54) is 28.1 Å². The molecule has 108 heavy (non-hydrogen) atoms. The van der Waals surface area contributed by atoms with Crippen LogP contribution in [-0.2, 0) is 0 Å². The van der Waals surface area contributed by atoms with E-state index in [-0.39, 0.29) is 12.0 Å². The molecule has 1 aliphatic heterocycles. The molecule has 0 amide bonds. The molecule has 0 saturated heterocycles. The second-order valence-corrected chi connectivity index (χ2v) is 27.8. The first kappa shape index (κ1) is 62.3. The highest BCUT2D eigenvalue weighted by atomic mass is 16.5. The Morgan fingerprint density at radius 2 is 0.926 bits per heavy atom. The van der Waals surface area contributed by atoms with Gasteiger partial charge in [0.1, 0.15) is 28.3 Å². The number of furan rings is 2. The van der Waals surface area contributed by atoms with Gasteiger partial charge in [0.2, 0.25) is 0 Å². The summed E-state index contributed by atoms with van der Waals surface area (Å²) in [7, 11) is 1.72. The van der Waals surface area contributed by atoms with E-state index in [9.17, 15) is 0 Å². The standard InChI is InChI=1S/C99H64N6O3/c1-106-89-39-16-14-30-69(89)66-53-57-102-85(59-66)80-50-48-77-78-51-52-88(105(68-28-9-4-10-29-68)90-40-21-36-84(103-90)83-35-17-18-55-101-83)99-95(78)94-75(76-47-49-79(97-92(76)93(77)98(80)107-97)73-32-12-11-31-72(73)74-54-56-100-60-82(74)62-22-5-2-6-23-62)46-45-71(96(94)108-99)63-43-41-61(42-44-63)64-24-19-25-65(58-64)70-34-20-38-87-91(70)81-33-13-15-37-86(81)104(87)67-26-7-3-8-27-67/h2-60,81,86H,1H3. The third kappa shape index (κ3) is 10.1. The molecular weight excluding hydrogens is 1320 g/mol. The van der Waals surface area contributed by atoms with Crippen LogP contribution < -0.4 is 14.5 Å². The molecular formula is C99H64N6O3. The van der Waals surface area contributed by atoms with Crippen molar-refractivity contribution in [1.29, 1.82) is 0 Å². The van der Waals surface area contributed by atoms with Crippen molar-refractivity contribution in [2.75, 3.05) is 16.9 Å². The number of hydrogen-bond donors (Lipinski definition) is 0. The fraction of sp³-hybridized carbons (Fsp3) is 0.0303. The number of aromatic nitrogens is 4. The monoisotopic (exact) mass is 1380 g/mol. The van der Waals surface area contributed by atoms with Crippen LogP contribution in [0.4, 0.5) is 28.6 Å². The number of fused-ring (bicyclic) bond motifs is 5. The molecule has 0 spiro atoms. The minimum absolute atomic E-state index is 0.180. The largest absolute Gasteiger partial charge is 0.496 e. The zero-order valence-corrected chi connectivity index (χ0v) is 58.6. The maximum Gasteiger partial charge on any atom is 0.160 e. The second kappa shape index (κ2) is 25.6. The molecule has 6 aromatic heterocycles. The lowest BCUT2D eigenvalue weighted by atomic mass is 9.86. The lowest BCUT2D eigenvalue weighted by molar-refractivity contribution is 0.416. The summed E-state index contributed by atoms with van der Waals surface area (Å²) < 4.78 is 21.7. The number of allylic oxidation sites excluding steroid dienone is 2. The van der Waals surface area contributed by atoms with Crippen LogP contribution in [0.3, 0.4) is 0 Å². The van der Waals surface area contributed by atoms with Crippen molar-refractivity contribution in [3.8, 4) is 106 Å². The van der Waals surface area contributed by atoms with Gasteiger partial charge in [-0.1, -0.05) is 224 Å². The molecule has 13 aromatic carbocycles. The van der Waals surface area contributed by atoms with E-state index in [1.807, 2.05) is 79.4 Å². The molecule has 2 unspecified atom stereocenters. The summed E-state index contributed by atoms with van der Waals surface area (Å²) >= 11 is 0. The summed E-state index contributed by atoms with van der Waals surface area (Å²) in [6.07, 6.45) is 16.7. The van der Waals surface area contributed by atoms with Crippen molar-refractivity contribution < 1.29 is 13.6 Å². The Labute approximate surface area is 622 Å². The van der Waals surface area contributed by atoms with Crippen LogP contribution in [0.1, 0.15) is 11.5 Å². The Hall–Kier alpha value is -14.3. The van der Waals surface area contributed by atoms with E-state index in [0.29, 0.717) is 17.0 Å². The Bertz CT molecular complexity index is 6810. The van der Waals surface area contributed by atoms with Gasteiger partial charge in [0.05, 0.1) is 35.9 Å². The highest BCUT2D eigenvalue weighted by molar-refractivity contribution is 6.39. The molecule has 9 heteroatoms. The van der Waals surface area contributed by atoms with Gasteiger partial charge in [-0.25, -0.2) is 4.98 Å². The zero-order valence-electron chi connectivity index (χ0n) is 58.6. The predicted octanol–water partition coefficient (Wildman–Crippen LogP) is 26.0. The Morgan fingerprint density at radius 1 is 0.361 bits per heavy atom. The van der Waals surface area contributed by atoms with Crippen LogP contribution in [0.2, 0.25) is 0 Å². The van der Waals surface area contributed by atoms with E-state index in [2.05, 4.69) is 294 Å². The molecule has 0 bridgehead atoms. The van der Waals surface area contributed by atoms with Gasteiger partial charge in [-0.3, -0.25) is 19.9 Å². The molecule has 0 N–H and O–H groups in total. The normalized spacial score (nSPS) is 13.9. The number of ether oxygens (including phenoxy) is 1. The average molecular weight is 1390 g/mol. The Kier molecular flexibility index (Phi) is 14.7. The molecule has 19 aromatic rings. The van der Waals surface area contributed by atoms with E-state index < -0.39 is 0 Å². The van der Waals surface area contributed by atoms with E-state index in [4.69, 9.17) is 28.5 Å². The first-order valence-corrected chi connectivity index (χ1v) is 36.6. The number of anilines is 5. The quantitative estimate of drug-likeness (QED) is 0.106. The third-order valence-corrected chi connectivity index (χ3v) is 21.9. The third-order valence-electron chi connectivity index (χ3n) is 21.9. The highest BCUT2D eigenvalue weighted by Crippen LogP contribution is 2.56. The number of rotatable bonds is 14. The first-order chi connectivity index (χ1) is 53.6. The van der Waals surface area contributed by atoms with Gasteiger partial charge >= 0.3 is 0 Å². The van der Waals surface area contributed by atoms with Crippen LogP contribution in [0.5, 0.6) is 5.75 Å². The van der Waals surface area contributed by atoms with Crippen LogP contribution >= 0.6 is 0 Å². The number of nitrogens with zero attached hydrogens (tertiary/aromatic N) is 6. The summed E-state index contributed by atoms with van der Waals surface area (Å²) in [5, 5.41) is 7.90. The van der Waals surface area contributed by atoms with Crippen LogP contribution in [0, 0.1) is 0 Å².